The highest BCUT2D eigenvalue weighted by molar-refractivity contribution is 7.13. The van der Waals surface area contributed by atoms with Crippen LogP contribution in [0.2, 0.25) is 0 Å². The van der Waals surface area contributed by atoms with Crippen LogP contribution in [0.5, 0.6) is 0 Å². The zero-order chi connectivity index (χ0) is 20.6. The van der Waals surface area contributed by atoms with Gasteiger partial charge in [-0.25, -0.2) is 9.59 Å². The van der Waals surface area contributed by atoms with Gasteiger partial charge >= 0.3 is 11.9 Å². The minimum atomic E-state index is -0.360. The van der Waals surface area contributed by atoms with E-state index in [0.29, 0.717) is 11.1 Å². The van der Waals surface area contributed by atoms with Gasteiger partial charge in [0.05, 0.1) is 25.3 Å². The molecule has 0 spiro atoms. The third kappa shape index (κ3) is 5.46. The molecule has 6 nitrogen and oxygen atoms in total. The Hall–Kier alpha value is -3.58. The molecule has 3 rings (SSSR count). The van der Waals surface area contributed by atoms with Crippen LogP contribution in [0.1, 0.15) is 41.9 Å². The average molecular weight is 406 g/mol. The zero-order valence-electron chi connectivity index (χ0n) is 15.9. The maximum atomic E-state index is 11.4. The molecule has 0 N–H and O–H groups in total. The summed E-state index contributed by atoms with van der Waals surface area (Å²) in [5.41, 5.74) is 2.89. The molecule has 0 radical (unpaired) electrons. The fourth-order valence-corrected chi connectivity index (χ4v) is 3.06. The van der Waals surface area contributed by atoms with Crippen molar-refractivity contribution in [2.75, 3.05) is 14.2 Å². The van der Waals surface area contributed by atoms with Crippen LogP contribution in [0.25, 0.3) is 24.3 Å². The van der Waals surface area contributed by atoms with E-state index in [1.165, 1.54) is 25.6 Å². The molecule has 0 atom stereocenters. The molecule has 2 aromatic carbocycles. The van der Waals surface area contributed by atoms with Crippen LogP contribution in [0.4, 0.5) is 0 Å². The number of hydrogen-bond acceptors (Lipinski definition) is 7. The Balaban J connectivity index is 1.63. The van der Waals surface area contributed by atoms with Gasteiger partial charge < -0.3 is 9.47 Å². The fraction of sp³-hybridized carbons (Fsp3) is 0.0909. The molecule has 7 heteroatoms. The molecule has 1 heterocycles. The van der Waals surface area contributed by atoms with Crippen molar-refractivity contribution in [3.8, 4) is 0 Å². The number of carbonyl (C=O) groups is 2. The normalized spacial score (nSPS) is 11.1. The van der Waals surface area contributed by atoms with Crippen molar-refractivity contribution in [3.63, 3.8) is 0 Å². The molecule has 0 aliphatic carbocycles. The van der Waals surface area contributed by atoms with Crippen LogP contribution in [-0.2, 0) is 9.47 Å². The molecule has 29 heavy (non-hydrogen) atoms. The van der Waals surface area contributed by atoms with Gasteiger partial charge in [0.2, 0.25) is 0 Å². The summed E-state index contributed by atoms with van der Waals surface area (Å²) >= 11 is 1.45. The van der Waals surface area contributed by atoms with Crippen LogP contribution in [0.3, 0.4) is 0 Å². The summed E-state index contributed by atoms with van der Waals surface area (Å²) in [6, 6.07) is 14.2. The van der Waals surface area contributed by atoms with Gasteiger partial charge in [0.1, 0.15) is 10.0 Å². The summed E-state index contributed by atoms with van der Waals surface area (Å²) < 4.78 is 9.37. The molecule has 0 bridgehead atoms. The molecule has 0 aliphatic heterocycles. The Morgan fingerprint density at radius 1 is 0.690 bits per heavy atom. The lowest BCUT2D eigenvalue weighted by Gasteiger charge is -1.99. The summed E-state index contributed by atoms with van der Waals surface area (Å²) in [4.78, 5) is 22.9. The van der Waals surface area contributed by atoms with Crippen LogP contribution in [0.15, 0.2) is 48.5 Å². The van der Waals surface area contributed by atoms with Gasteiger partial charge in [-0.2, -0.15) is 0 Å². The first-order valence-electron chi connectivity index (χ1n) is 8.65. The third-order valence-corrected chi connectivity index (χ3v) is 4.81. The Morgan fingerprint density at radius 3 is 1.41 bits per heavy atom. The Morgan fingerprint density at radius 2 is 1.07 bits per heavy atom. The second kappa shape index (κ2) is 9.57. The molecule has 146 valence electrons. The van der Waals surface area contributed by atoms with Crippen LogP contribution < -0.4 is 0 Å². The van der Waals surface area contributed by atoms with Crippen LogP contribution in [0, 0.1) is 0 Å². The number of rotatable bonds is 6. The van der Waals surface area contributed by atoms with Gasteiger partial charge in [-0.15, -0.1) is 10.2 Å². The number of methoxy groups -OCH3 is 2. The molecule has 0 aliphatic rings. The summed E-state index contributed by atoms with van der Waals surface area (Å²) in [7, 11) is 2.71. The van der Waals surface area contributed by atoms with Crippen molar-refractivity contribution < 1.29 is 19.1 Å². The maximum Gasteiger partial charge on any atom is 0.337 e. The molecular formula is C22H18N2O4S. The van der Waals surface area contributed by atoms with E-state index in [2.05, 4.69) is 19.7 Å². The fourth-order valence-electron chi connectivity index (χ4n) is 2.41. The highest BCUT2D eigenvalue weighted by Gasteiger charge is 2.04. The molecule has 0 fully saturated rings. The SMILES string of the molecule is COC(=O)c1ccc(/C=C/c2nnc(/C=C/c3ccc(C(=O)OC)cc3)s2)cc1. The van der Waals surface area contributed by atoms with Crippen molar-refractivity contribution in [1.82, 2.24) is 10.2 Å². The first-order chi connectivity index (χ1) is 14.1. The second-order valence-electron chi connectivity index (χ2n) is 5.87. The standard InChI is InChI=1S/C22H18N2O4S/c1-27-21(25)17-9-3-15(4-10-17)7-13-19-23-24-20(29-19)14-8-16-5-11-18(12-6-16)22(26)28-2/h3-14H,1-2H3/b13-7+,14-8+. The monoisotopic (exact) mass is 406 g/mol. The van der Waals surface area contributed by atoms with E-state index >= 15 is 0 Å². The molecule has 0 saturated carbocycles. The topological polar surface area (TPSA) is 78.4 Å². The number of esters is 2. The Bertz CT molecular complexity index is 967. The van der Waals surface area contributed by atoms with E-state index in [-0.39, 0.29) is 11.9 Å². The summed E-state index contributed by atoms with van der Waals surface area (Å²) in [5.74, 6) is -0.720. The van der Waals surface area contributed by atoms with Gasteiger partial charge in [0, 0.05) is 0 Å². The Kier molecular flexibility index (Phi) is 6.65. The first kappa shape index (κ1) is 20.2. The molecule has 0 unspecified atom stereocenters. The van der Waals surface area contributed by atoms with Gasteiger partial charge in [-0.3, -0.25) is 0 Å². The molecular weight excluding hydrogens is 388 g/mol. The van der Waals surface area contributed by atoms with Crippen LogP contribution >= 0.6 is 11.3 Å². The molecule has 0 amide bonds. The number of ether oxygens (including phenoxy) is 2. The number of aromatic nitrogens is 2. The minimum Gasteiger partial charge on any atom is -0.465 e. The summed E-state index contributed by atoms with van der Waals surface area (Å²) in [6.45, 7) is 0. The van der Waals surface area contributed by atoms with Crippen molar-refractivity contribution in [1.29, 1.82) is 0 Å². The quantitative estimate of drug-likeness (QED) is 0.563. The molecule has 3 aromatic rings. The van der Waals surface area contributed by atoms with E-state index in [1.807, 2.05) is 48.6 Å². The lowest BCUT2D eigenvalue weighted by atomic mass is 10.1. The van der Waals surface area contributed by atoms with Gasteiger partial charge in [-0.05, 0) is 47.5 Å². The number of benzene rings is 2. The third-order valence-electron chi connectivity index (χ3n) is 3.96. The lowest BCUT2D eigenvalue weighted by Crippen LogP contribution is -2.00. The number of nitrogens with zero attached hydrogens (tertiary/aromatic N) is 2. The smallest absolute Gasteiger partial charge is 0.337 e. The largest absolute Gasteiger partial charge is 0.465 e. The van der Waals surface area contributed by atoms with Crippen LogP contribution in [-0.4, -0.2) is 36.4 Å². The maximum absolute atomic E-state index is 11.4. The predicted octanol–water partition coefficient (Wildman–Crippen LogP) is 4.45. The van der Waals surface area contributed by atoms with Crippen molar-refractivity contribution in [3.05, 3.63) is 80.8 Å². The van der Waals surface area contributed by atoms with Gasteiger partial charge in [0.25, 0.3) is 0 Å². The average Bonchev–Trinajstić information content (AvgIpc) is 3.23. The minimum absolute atomic E-state index is 0.360. The lowest BCUT2D eigenvalue weighted by molar-refractivity contribution is 0.0592. The second-order valence-corrected chi connectivity index (χ2v) is 6.91. The highest BCUT2D eigenvalue weighted by Crippen LogP contribution is 2.17. The van der Waals surface area contributed by atoms with Gasteiger partial charge in [-0.1, -0.05) is 47.8 Å². The van der Waals surface area contributed by atoms with E-state index in [0.717, 1.165) is 21.1 Å². The highest BCUT2D eigenvalue weighted by atomic mass is 32.1. The van der Waals surface area contributed by atoms with Crippen molar-refractivity contribution >= 4 is 47.6 Å². The van der Waals surface area contributed by atoms with Gasteiger partial charge in [0.15, 0.2) is 0 Å². The number of carbonyl (C=O) groups excluding carboxylic acids is 2. The Labute approximate surface area is 172 Å². The van der Waals surface area contributed by atoms with E-state index in [1.54, 1.807) is 24.3 Å². The first-order valence-corrected chi connectivity index (χ1v) is 9.47. The summed E-state index contributed by atoms with van der Waals surface area (Å²) in [5, 5.41) is 9.83. The van der Waals surface area contributed by atoms with E-state index < -0.39 is 0 Å². The summed E-state index contributed by atoms with van der Waals surface area (Å²) in [6.07, 6.45) is 7.54. The number of hydrogen-bond donors (Lipinski definition) is 0. The predicted molar refractivity (Wildman–Crippen MR) is 113 cm³/mol. The van der Waals surface area contributed by atoms with Crippen molar-refractivity contribution in [2.45, 2.75) is 0 Å². The molecule has 0 saturated heterocycles. The zero-order valence-corrected chi connectivity index (χ0v) is 16.7. The van der Waals surface area contributed by atoms with Crippen molar-refractivity contribution in [2.24, 2.45) is 0 Å². The van der Waals surface area contributed by atoms with E-state index in [9.17, 15) is 9.59 Å². The molecule has 1 aromatic heterocycles. The van der Waals surface area contributed by atoms with E-state index in [4.69, 9.17) is 0 Å².